The summed E-state index contributed by atoms with van der Waals surface area (Å²) in [7, 11) is 3.82. The highest BCUT2D eigenvalue weighted by Gasteiger charge is 2.17. The molecule has 120 valence electrons. The Kier molecular flexibility index (Phi) is 2.86. The maximum Gasteiger partial charge on any atom is 0.356 e. The summed E-state index contributed by atoms with van der Waals surface area (Å²) in [6.07, 6.45) is 3.34. The monoisotopic (exact) mass is 322 g/mol. The van der Waals surface area contributed by atoms with Crippen LogP contribution in [-0.2, 0) is 0 Å². The van der Waals surface area contributed by atoms with Crippen molar-refractivity contribution in [3.05, 3.63) is 51.7 Å². The van der Waals surface area contributed by atoms with E-state index in [9.17, 15) is 14.7 Å². The fraction of sp³-hybridized carbons (Fsp3) is 0.118. The molecule has 0 saturated carbocycles. The Balaban J connectivity index is 2.36. The Labute approximate surface area is 135 Å². The van der Waals surface area contributed by atoms with Gasteiger partial charge < -0.3 is 15.0 Å². The van der Waals surface area contributed by atoms with Crippen molar-refractivity contribution in [2.45, 2.75) is 0 Å². The molecule has 0 aliphatic rings. The van der Waals surface area contributed by atoms with Crippen LogP contribution in [0.2, 0.25) is 0 Å². The van der Waals surface area contributed by atoms with Gasteiger partial charge in [-0.15, -0.1) is 0 Å². The normalized spacial score (nSPS) is 12.5. The number of carbonyl (C=O) groups is 1. The molecule has 0 bridgehead atoms. The average Bonchev–Trinajstić information content (AvgIpc) is 3.09. The first kappa shape index (κ1) is 14.3. The number of nitrogens with zero attached hydrogens (tertiary/aromatic N) is 3. The molecule has 2 aromatic carbocycles. The standard InChI is InChI=1S/C17H14N4O3/c1-20(2)7-11-9-5-3-4-6-10(9)13-14(11)21-8-12(17(23)24)18-15(21)16(22)19-13/h3-8H,1-2H3,(H,19,22)(H,23,24). The van der Waals surface area contributed by atoms with E-state index in [1.807, 2.05) is 49.5 Å². The first-order chi connectivity index (χ1) is 11.5. The number of fused-ring (bicyclic) bond motifs is 5. The van der Waals surface area contributed by atoms with Crippen LogP contribution in [0.4, 0.5) is 0 Å². The van der Waals surface area contributed by atoms with Gasteiger partial charge in [0.1, 0.15) is 0 Å². The number of carboxylic acids is 1. The number of imidazole rings is 1. The lowest BCUT2D eigenvalue weighted by Crippen LogP contribution is -2.15. The molecule has 4 rings (SSSR count). The van der Waals surface area contributed by atoms with Crippen molar-refractivity contribution in [1.29, 1.82) is 0 Å². The molecule has 0 aliphatic heterocycles. The molecule has 2 aromatic heterocycles. The molecule has 0 aliphatic carbocycles. The number of carboxylic acid groups (broad SMARTS) is 1. The number of H-pyrrole nitrogens is 1. The van der Waals surface area contributed by atoms with Gasteiger partial charge in [0.25, 0.3) is 5.56 Å². The molecule has 0 fully saturated rings. The first-order valence-corrected chi connectivity index (χ1v) is 7.34. The number of nitrogens with one attached hydrogen (secondary N) is 1. The van der Waals surface area contributed by atoms with Gasteiger partial charge in [-0.25, -0.2) is 9.78 Å². The second-order valence-corrected chi connectivity index (χ2v) is 5.85. The van der Waals surface area contributed by atoms with Crippen LogP contribution >= 0.6 is 0 Å². The smallest absolute Gasteiger partial charge is 0.356 e. The van der Waals surface area contributed by atoms with Crippen LogP contribution in [0.5, 0.6) is 0 Å². The topological polar surface area (TPSA) is 90.7 Å². The predicted molar refractivity (Wildman–Crippen MR) is 91.2 cm³/mol. The van der Waals surface area contributed by atoms with Crippen molar-refractivity contribution in [3.63, 3.8) is 0 Å². The zero-order chi connectivity index (χ0) is 17.0. The van der Waals surface area contributed by atoms with E-state index in [0.29, 0.717) is 5.52 Å². The van der Waals surface area contributed by atoms with E-state index < -0.39 is 11.5 Å². The van der Waals surface area contributed by atoms with Crippen molar-refractivity contribution in [1.82, 2.24) is 19.3 Å². The average molecular weight is 322 g/mol. The van der Waals surface area contributed by atoms with Crippen molar-refractivity contribution in [2.24, 2.45) is 0 Å². The molecular formula is C17H14N4O3. The van der Waals surface area contributed by atoms with Crippen LogP contribution in [0.3, 0.4) is 0 Å². The van der Waals surface area contributed by atoms with Gasteiger partial charge >= 0.3 is 5.97 Å². The van der Waals surface area contributed by atoms with E-state index in [2.05, 4.69) is 9.97 Å². The molecular weight excluding hydrogens is 308 g/mol. The van der Waals surface area contributed by atoms with Crippen molar-refractivity contribution < 1.29 is 9.90 Å². The van der Waals surface area contributed by atoms with Crippen LogP contribution in [0.25, 0.3) is 33.7 Å². The first-order valence-electron chi connectivity index (χ1n) is 7.34. The third-order valence-corrected chi connectivity index (χ3v) is 3.97. The predicted octanol–water partition coefficient (Wildman–Crippen LogP) is 1.05. The number of benzene rings is 1. The molecule has 0 saturated heterocycles. The van der Waals surface area contributed by atoms with E-state index in [1.54, 1.807) is 4.40 Å². The zero-order valence-electron chi connectivity index (χ0n) is 13.1. The van der Waals surface area contributed by atoms with Crippen molar-refractivity contribution in [3.8, 4) is 0 Å². The molecule has 4 aromatic rings. The van der Waals surface area contributed by atoms with Crippen LogP contribution in [0, 0.1) is 0 Å². The summed E-state index contributed by atoms with van der Waals surface area (Å²) in [4.78, 5) is 32.3. The number of rotatable bonds is 2. The quantitative estimate of drug-likeness (QED) is 0.575. The van der Waals surface area contributed by atoms with Crippen LogP contribution in [0.15, 0.2) is 35.3 Å². The van der Waals surface area contributed by atoms with E-state index >= 15 is 0 Å². The minimum absolute atomic E-state index is 0.0728. The van der Waals surface area contributed by atoms with Gasteiger partial charge in [0, 0.05) is 37.1 Å². The maximum atomic E-state index is 12.4. The van der Waals surface area contributed by atoms with Crippen molar-refractivity contribution in [2.75, 3.05) is 14.1 Å². The molecule has 0 atom stereocenters. The summed E-state index contributed by atoms with van der Waals surface area (Å²) in [5, 5.41) is 12.0. The number of aromatic amines is 1. The third kappa shape index (κ3) is 1.88. The molecule has 7 heteroatoms. The molecule has 24 heavy (non-hydrogen) atoms. The summed E-state index contributed by atoms with van der Waals surface area (Å²) in [6.45, 7) is 0. The van der Waals surface area contributed by atoms with E-state index in [-0.39, 0.29) is 11.3 Å². The maximum absolute atomic E-state index is 12.4. The lowest BCUT2D eigenvalue weighted by Gasteiger charge is -2.03. The second-order valence-electron chi connectivity index (χ2n) is 5.85. The Hall–Kier alpha value is -3.35. The number of hydrogen-bond acceptors (Lipinski definition) is 4. The zero-order valence-corrected chi connectivity index (χ0v) is 13.1. The fourth-order valence-electron chi connectivity index (χ4n) is 3.07. The van der Waals surface area contributed by atoms with E-state index in [0.717, 1.165) is 21.5 Å². The van der Waals surface area contributed by atoms with Crippen LogP contribution in [0.1, 0.15) is 10.5 Å². The fourth-order valence-corrected chi connectivity index (χ4v) is 3.07. The molecule has 2 N–H and O–H groups in total. The molecule has 0 amide bonds. The SMILES string of the molecule is CN(C)C=c1c2ccccc2c2[nH]c(=O)c3nc(C(=O)O)cn3c12. The highest BCUT2D eigenvalue weighted by Crippen LogP contribution is 2.22. The Morgan fingerprint density at radius 2 is 2.00 bits per heavy atom. The van der Waals surface area contributed by atoms with E-state index in [4.69, 9.17) is 0 Å². The largest absolute Gasteiger partial charge is 0.476 e. The van der Waals surface area contributed by atoms with Crippen LogP contribution < -0.4 is 10.8 Å². The number of hydrogen-bond donors (Lipinski definition) is 2. The summed E-state index contributed by atoms with van der Waals surface area (Å²) in [5.74, 6) is -1.17. The summed E-state index contributed by atoms with van der Waals surface area (Å²) < 4.78 is 1.56. The lowest BCUT2D eigenvalue weighted by atomic mass is 10.2. The Morgan fingerprint density at radius 1 is 1.29 bits per heavy atom. The molecule has 0 unspecified atom stereocenters. The lowest BCUT2D eigenvalue weighted by molar-refractivity contribution is 0.0691. The van der Waals surface area contributed by atoms with Gasteiger partial charge in [0.2, 0.25) is 5.65 Å². The molecule has 7 nitrogen and oxygen atoms in total. The van der Waals surface area contributed by atoms with Gasteiger partial charge in [-0.1, -0.05) is 24.3 Å². The summed E-state index contributed by atoms with van der Waals surface area (Å²) in [5.41, 5.74) is 0.907. The second kappa shape index (κ2) is 4.82. The third-order valence-electron chi connectivity index (χ3n) is 3.97. The molecule has 2 heterocycles. The molecule has 0 spiro atoms. The Bertz CT molecular complexity index is 1230. The van der Waals surface area contributed by atoms with E-state index in [1.165, 1.54) is 6.20 Å². The minimum Gasteiger partial charge on any atom is -0.476 e. The van der Waals surface area contributed by atoms with Gasteiger partial charge in [-0.2, -0.15) is 0 Å². The van der Waals surface area contributed by atoms with Gasteiger partial charge in [0.15, 0.2) is 5.69 Å². The number of aromatic nitrogens is 3. The van der Waals surface area contributed by atoms with Gasteiger partial charge in [0.05, 0.1) is 11.0 Å². The van der Waals surface area contributed by atoms with Gasteiger partial charge in [-0.05, 0) is 5.39 Å². The van der Waals surface area contributed by atoms with Gasteiger partial charge in [-0.3, -0.25) is 9.20 Å². The van der Waals surface area contributed by atoms with Crippen LogP contribution in [-0.4, -0.2) is 44.4 Å². The highest BCUT2D eigenvalue weighted by atomic mass is 16.4. The molecule has 0 radical (unpaired) electrons. The van der Waals surface area contributed by atoms with Crippen molar-refractivity contribution >= 4 is 39.6 Å². The Morgan fingerprint density at radius 3 is 2.67 bits per heavy atom. The summed E-state index contributed by atoms with van der Waals surface area (Å²) in [6, 6.07) is 7.74. The minimum atomic E-state index is -1.17. The summed E-state index contributed by atoms with van der Waals surface area (Å²) >= 11 is 0. The number of aromatic carboxylic acids is 1. The highest BCUT2D eigenvalue weighted by molar-refractivity contribution is 6.09.